The maximum absolute atomic E-state index is 12.8. The summed E-state index contributed by atoms with van der Waals surface area (Å²) in [5.41, 5.74) is 3.93. The maximum atomic E-state index is 12.8. The average molecular weight is 407 g/mol. The van der Waals surface area contributed by atoms with Crippen LogP contribution in [0.1, 0.15) is 36.2 Å². The van der Waals surface area contributed by atoms with Gasteiger partial charge in [-0.3, -0.25) is 4.79 Å². The molecule has 6 nitrogen and oxygen atoms in total. The number of pyridine rings is 2. The normalized spacial score (nSPS) is 14.9. The van der Waals surface area contributed by atoms with Gasteiger partial charge in [-0.05, 0) is 55.5 Å². The summed E-state index contributed by atoms with van der Waals surface area (Å²) in [6.07, 6.45) is 5.04. The van der Waals surface area contributed by atoms with Gasteiger partial charge in [0.1, 0.15) is 16.9 Å². The predicted octanol–water partition coefficient (Wildman–Crippen LogP) is 4.86. The summed E-state index contributed by atoms with van der Waals surface area (Å²) < 4.78 is 0. The third-order valence-electron chi connectivity index (χ3n) is 5.86. The monoisotopic (exact) mass is 407 g/mol. The first kappa shape index (κ1) is 19.0. The van der Waals surface area contributed by atoms with Gasteiger partial charge in [-0.2, -0.15) is 5.26 Å². The first-order chi connectivity index (χ1) is 15.2. The van der Waals surface area contributed by atoms with E-state index in [2.05, 4.69) is 32.4 Å². The number of rotatable bonds is 4. The van der Waals surface area contributed by atoms with Gasteiger partial charge in [0.2, 0.25) is 0 Å². The van der Waals surface area contributed by atoms with Crippen molar-refractivity contribution in [2.75, 3.05) is 0 Å². The fourth-order valence-electron chi connectivity index (χ4n) is 4.18. The van der Waals surface area contributed by atoms with E-state index >= 15 is 0 Å². The smallest absolute Gasteiger partial charge is 0.271 e. The van der Waals surface area contributed by atoms with Crippen LogP contribution in [0.2, 0.25) is 0 Å². The van der Waals surface area contributed by atoms with Crippen LogP contribution in [-0.2, 0) is 0 Å². The van der Waals surface area contributed by atoms with Gasteiger partial charge in [0.25, 0.3) is 5.91 Å². The Bertz CT molecular complexity index is 1300. The van der Waals surface area contributed by atoms with Gasteiger partial charge in [0, 0.05) is 22.8 Å². The van der Waals surface area contributed by atoms with Crippen molar-refractivity contribution >= 4 is 16.9 Å². The number of fused-ring (bicyclic) bond motifs is 1. The molecule has 6 heteroatoms. The number of carbonyl (C=O) groups excluding carboxylic acids is 1. The lowest BCUT2D eigenvalue weighted by molar-refractivity contribution is 0.0915. The van der Waals surface area contributed by atoms with Crippen LogP contribution in [0.4, 0.5) is 0 Å². The summed E-state index contributed by atoms with van der Waals surface area (Å²) in [4.78, 5) is 25.2. The van der Waals surface area contributed by atoms with E-state index in [9.17, 15) is 10.1 Å². The fraction of sp³-hybridized carbons (Fsp3) is 0.200. The number of aromatic amines is 1. The van der Waals surface area contributed by atoms with Crippen molar-refractivity contribution in [1.82, 2.24) is 20.3 Å². The Kier molecular flexibility index (Phi) is 4.72. The molecule has 0 unspecified atom stereocenters. The number of benzene rings is 1. The predicted molar refractivity (Wildman–Crippen MR) is 119 cm³/mol. The third-order valence-corrected chi connectivity index (χ3v) is 5.86. The highest BCUT2D eigenvalue weighted by Gasteiger charge is 2.35. The van der Waals surface area contributed by atoms with Crippen molar-refractivity contribution in [2.24, 2.45) is 0 Å². The van der Waals surface area contributed by atoms with Gasteiger partial charge in [-0.1, -0.05) is 36.4 Å². The quantitative estimate of drug-likeness (QED) is 0.505. The molecule has 31 heavy (non-hydrogen) atoms. The Balaban J connectivity index is 1.44. The summed E-state index contributed by atoms with van der Waals surface area (Å²) in [5, 5.41) is 13.4. The van der Waals surface area contributed by atoms with Crippen molar-refractivity contribution in [1.29, 1.82) is 5.26 Å². The van der Waals surface area contributed by atoms with E-state index < -0.39 is 5.54 Å². The van der Waals surface area contributed by atoms with E-state index in [4.69, 9.17) is 0 Å². The van der Waals surface area contributed by atoms with E-state index in [1.54, 1.807) is 12.3 Å². The molecule has 1 aliphatic carbocycles. The van der Waals surface area contributed by atoms with Crippen molar-refractivity contribution in [3.63, 3.8) is 0 Å². The number of nitriles is 1. The van der Waals surface area contributed by atoms with Crippen LogP contribution in [-0.4, -0.2) is 26.4 Å². The highest BCUT2D eigenvalue weighted by Crippen LogP contribution is 2.30. The lowest BCUT2D eigenvalue weighted by Gasteiger charge is -2.21. The van der Waals surface area contributed by atoms with Gasteiger partial charge in [0.15, 0.2) is 0 Å². The van der Waals surface area contributed by atoms with Crippen LogP contribution in [0.25, 0.3) is 33.5 Å². The molecule has 0 atom stereocenters. The van der Waals surface area contributed by atoms with E-state index in [-0.39, 0.29) is 5.91 Å². The molecule has 1 amide bonds. The molecule has 0 aliphatic heterocycles. The molecular weight excluding hydrogens is 386 g/mol. The van der Waals surface area contributed by atoms with Crippen molar-refractivity contribution in [3.05, 3.63) is 72.6 Å². The van der Waals surface area contributed by atoms with Crippen molar-refractivity contribution in [3.8, 4) is 28.6 Å². The highest BCUT2D eigenvalue weighted by atomic mass is 16.2. The number of nitrogens with one attached hydrogen (secondary N) is 2. The first-order valence-electron chi connectivity index (χ1n) is 10.4. The number of carbonyl (C=O) groups is 1. The minimum atomic E-state index is -0.770. The lowest BCUT2D eigenvalue weighted by atomic mass is 9.99. The molecule has 3 aromatic heterocycles. The fourth-order valence-corrected chi connectivity index (χ4v) is 4.18. The summed E-state index contributed by atoms with van der Waals surface area (Å²) in [6.45, 7) is 0. The van der Waals surface area contributed by atoms with Gasteiger partial charge < -0.3 is 10.3 Å². The molecule has 0 bridgehead atoms. The molecule has 2 N–H and O–H groups in total. The Morgan fingerprint density at radius 2 is 1.84 bits per heavy atom. The molecule has 152 valence electrons. The molecule has 0 saturated heterocycles. The molecule has 1 saturated carbocycles. The number of amides is 1. The van der Waals surface area contributed by atoms with Crippen LogP contribution >= 0.6 is 0 Å². The summed E-state index contributed by atoms with van der Waals surface area (Å²) in [6, 6.07) is 21.8. The second kappa shape index (κ2) is 7.69. The molecule has 5 rings (SSSR count). The Morgan fingerprint density at radius 3 is 2.61 bits per heavy atom. The number of H-pyrrole nitrogens is 1. The molecule has 3 heterocycles. The van der Waals surface area contributed by atoms with Crippen LogP contribution in [0, 0.1) is 11.3 Å². The molecule has 1 aromatic carbocycles. The number of nitrogens with zero attached hydrogens (tertiary/aromatic N) is 3. The molecule has 0 radical (unpaired) electrons. The van der Waals surface area contributed by atoms with Gasteiger partial charge >= 0.3 is 0 Å². The molecule has 0 spiro atoms. The zero-order valence-corrected chi connectivity index (χ0v) is 16.9. The van der Waals surface area contributed by atoms with Gasteiger partial charge in [0.05, 0.1) is 11.8 Å². The standard InChI is InChI=1S/C25H21N5O/c26-16-25(11-4-5-12-25)30-24(31)21-10-6-9-20(28-21)19-13-18-14-22(29-23(18)27-15-19)17-7-2-1-3-8-17/h1-3,6-10,13-15H,4-5,11-12H2,(H,27,29)(H,30,31). The second-order valence-corrected chi connectivity index (χ2v) is 7.97. The van der Waals surface area contributed by atoms with E-state index in [1.807, 2.05) is 48.5 Å². The lowest BCUT2D eigenvalue weighted by Crippen LogP contribution is -2.45. The zero-order valence-electron chi connectivity index (χ0n) is 16.9. The second-order valence-electron chi connectivity index (χ2n) is 7.97. The van der Waals surface area contributed by atoms with Gasteiger partial charge in [-0.15, -0.1) is 0 Å². The molecule has 1 aliphatic rings. The van der Waals surface area contributed by atoms with Crippen molar-refractivity contribution < 1.29 is 4.79 Å². The summed E-state index contributed by atoms with van der Waals surface area (Å²) in [5.74, 6) is -0.313. The molecule has 1 fully saturated rings. The largest absolute Gasteiger partial charge is 0.339 e. The summed E-state index contributed by atoms with van der Waals surface area (Å²) >= 11 is 0. The van der Waals surface area contributed by atoms with Crippen molar-refractivity contribution in [2.45, 2.75) is 31.2 Å². The van der Waals surface area contributed by atoms with Gasteiger partial charge in [-0.25, -0.2) is 9.97 Å². The van der Waals surface area contributed by atoms with Crippen LogP contribution in [0.15, 0.2) is 66.9 Å². The number of hydrogen-bond acceptors (Lipinski definition) is 4. The Labute approximate surface area is 180 Å². The Morgan fingerprint density at radius 1 is 1.03 bits per heavy atom. The van der Waals surface area contributed by atoms with E-state index in [0.717, 1.165) is 40.7 Å². The highest BCUT2D eigenvalue weighted by molar-refractivity contribution is 5.94. The number of aromatic nitrogens is 3. The average Bonchev–Trinajstić information content (AvgIpc) is 3.47. The van der Waals surface area contributed by atoms with E-state index in [1.165, 1.54) is 0 Å². The first-order valence-corrected chi connectivity index (χ1v) is 10.4. The SMILES string of the molecule is N#CC1(NC(=O)c2cccc(-c3cnc4[nH]c(-c5ccccc5)cc4c3)n2)CCCC1. The maximum Gasteiger partial charge on any atom is 0.271 e. The number of hydrogen-bond donors (Lipinski definition) is 2. The van der Waals surface area contributed by atoms with Crippen LogP contribution in [0.3, 0.4) is 0 Å². The van der Waals surface area contributed by atoms with Crippen LogP contribution < -0.4 is 5.32 Å². The zero-order chi connectivity index (χ0) is 21.3. The summed E-state index contributed by atoms with van der Waals surface area (Å²) in [7, 11) is 0. The molecular formula is C25H21N5O. The minimum Gasteiger partial charge on any atom is -0.339 e. The Hall–Kier alpha value is -3.98. The topological polar surface area (TPSA) is 94.5 Å². The van der Waals surface area contributed by atoms with Crippen LogP contribution in [0.5, 0.6) is 0 Å². The van der Waals surface area contributed by atoms with E-state index in [0.29, 0.717) is 24.2 Å². The third kappa shape index (κ3) is 3.66. The molecule has 4 aromatic rings. The minimum absolute atomic E-state index is 0.304.